The minimum Gasteiger partial charge on any atom is -0.332 e. The van der Waals surface area contributed by atoms with Crippen LogP contribution in [0.25, 0.3) is 0 Å². The maximum atomic E-state index is 11.5. The van der Waals surface area contributed by atoms with Crippen molar-refractivity contribution >= 4 is 6.03 Å². The molecule has 86 valence electrons. The van der Waals surface area contributed by atoms with Crippen LogP contribution >= 0.6 is 0 Å². The van der Waals surface area contributed by atoms with Crippen molar-refractivity contribution in [3.8, 4) is 0 Å². The number of nitrogens with zero attached hydrogens (tertiary/aromatic N) is 1. The Morgan fingerprint density at radius 2 is 2.25 bits per heavy atom. The average molecular weight is 219 g/mol. The zero-order valence-electron chi connectivity index (χ0n) is 9.60. The first-order valence-electron chi connectivity index (χ1n) is 5.23. The number of hydrogen-bond donors (Lipinski definition) is 2. The van der Waals surface area contributed by atoms with Gasteiger partial charge in [0.25, 0.3) is 0 Å². The quantitative estimate of drug-likeness (QED) is 0.761. The van der Waals surface area contributed by atoms with E-state index in [4.69, 9.17) is 0 Å². The lowest BCUT2D eigenvalue weighted by Gasteiger charge is -2.16. The van der Waals surface area contributed by atoms with E-state index in [2.05, 4.69) is 22.2 Å². The number of nitrogens with one attached hydrogen (secondary N) is 2. The lowest BCUT2D eigenvalue weighted by molar-refractivity contribution is 0.236. The molecule has 1 aromatic rings. The Labute approximate surface area is 95.8 Å². The fourth-order valence-electron chi connectivity index (χ4n) is 1.22. The van der Waals surface area contributed by atoms with Crippen LogP contribution in [0.5, 0.6) is 0 Å². The molecule has 0 radical (unpaired) electrons. The molecule has 0 aliphatic heterocycles. The van der Waals surface area contributed by atoms with E-state index < -0.39 is 0 Å². The van der Waals surface area contributed by atoms with Crippen LogP contribution in [0.2, 0.25) is 0 Å². The van der Waals surface area contributed by atoms with Gasteiger partial charge < -0.3 is 10.6 Å². The van der Waals surface area contributed by atoms with E-state index in [-0.39, 0.29) is 18.1 Å². The van der Waals surface area contributed by atoms with Crippen LogP contribution in [0.3, 0.4) is 0 Å². The van der Waals surface area contributed by atoms with Crippen LogP contribution in [-0.2, 0) is 0 Å². The van der Waals surface area contributed by atoms with Crippen LogP contribution in [0, 0.1) is 0 Å². The third-order valence-corrected chi connectivity index (χ3v) is 2.24. The van der Waals surface area contributed by atoms with E-state index in [0.29, 0.717) is 0 Å². The SMILES string of the molecule is C=C[C@@H](C)NC(=O)N[C@H](C)c1cccnc1. The largest absolute Gasteiger partial charge is 0.332 e. The number of hydrogen-bond acceptors (Lipinski definition) is 2. The van der Waals surface area contributed by atoms with Gasteiger partial charge in [0.05, 0.1) is 6.04 Å². The fourth-order valence-corrected chi connectivity index (χ4v) is 1.22. The summed E-state index contributed by atoms with van der Waals surface area (Å²) in [5.74, 6) is 0. The number of aromatic nitrogens is 1. The number of pyridine rings is 1. The third kappa shape index (κ3) is 3.73. The summed E-state index contributed by atoms with van der Waals surface area (Å²) in [7, 11) is 0. The minimum atomic E-state index is -0.205. The van der Waals surface area contributed by atoms with Crippen LogP contribution in [0.15, 0.2) is 37.2 Å². The molecule has 2 N–H and O–H groups in total. The van der Waals surface area contributed by atoms with Crippen LogP contribution < -0.4 is 10.6 Å². The van der Waals surface area contributed by atoms with Gasteiger partial charge in [0, 0.05) is 18.4 Å². The maximum absolute atomic E-state index is 11.5. The topological polar surface area (TPSA) is 54.0 Å². The number of amides is 2. The molecule has 0 saturated carbocycles. The Morgan fingerprint density at radius 3 is 2.81 bits per heavy atom. The summed E-state index contributed by atoms with van der Waals surface area (Å²) in [6.45, 7) is 7.37. The summed E-state index contributed by atoms with van der Waals surface area (Å²) >= 11 is 0. The molecule has 0 aromatic carbocycles. The van der Waals surface area contributed by atoms with E-state index in [1.807, 2.05) is 26.0 Å². The first kappa shape index (κ1) is 12.2. The van der Waals surface area contributed by atoms with Crippen LogP contribution in [0.4, 0.5) is 4.79 Å². The van der Waals surface area contributed by atoms with E-state index in [0.717, 1.165) is 5.56 Å². The smallest absolute Gasteiger partial charge is 0.315 e. The van der Waals surface area contributed by atoms with Gasteiger partial charge >= 0.3 is 6.03 Å². The van der Waals surface area contributed by atoms with Crippen molar-refractivity contribution in [3.63, 3.8) is 0 Å². The van der Waals surface area contributed by atoms with Gasteiger partial charge in [0.15, 0.2) is 0 Å². The second kappa shape index (κ2) is 5.90. The van der Waals surface area contributed by atoms with Gasteiger partial charge in [-0.15, -0.1) is 6.58 Å². The number of rotatable bonds is 4. The summed E-state index contributed by atoms with van der Waals surface area (Å²) in [6, 6.07) is 3.46. The summed E-state index contributed by atoms with van der Waals surface area (Å²) in [6.07, 6.45) is 5.12. The van der Waals surface area contributed by atoms with Gasteiger partial charge in [-0.05, 0) is 25.5 Å². The first-order valence-corrected chi connectivity index (χ1v) is 5.23. The second-order valence-electron chi connectivity index (χ2n) is 3.65. The Bertz CT molecular complexity index is 351. The molecular formula is C12H17N3O. The highest BCUT2D eigenvalue weighted by Crippen LogP contribution is 2.09. The predicted octanol–water partition coefficient (Wildman–Crippen LogP) is 2.02. The number of carbonyl (C=O) groups excluding carboxylic acids is 1. The Morgan fingerprint density at radius 1 is 1.50 bits per heavy atom. The van der Waals surface area contributed by atoms with Gasteiger partial charge in [-0.25, -0.2) is 4.79 Å². The lowest BCUT2D eigenvalue weighted by Crippen LogP contribution is -2.40. The Kier molecular flexibility index (Phi) is 4.51. The molecule has 2 atom stereocenters. The Balaban J connectivity index is 2.49. The van der Waals surface area contributed by atoms with E-state index in [1.54, 1.807) is 18.5 Å². The average Bonchev–Trinajstić information content (AvgIpc) is 2.29. The normalized spacial score (nSPS) is 13.6. The molecule has 4 heteroatoms. The second-order valence-corrected chi connectivity index (χ2v) is 3.65. The van der Waals surface area contributed by atoms with Crippen molar-refractivity contribution in [2.24, 2.45) is 0 Å². The van der Waals surface area contributed by atoms with Gasteiger partial charge in [-0.1, -0.05) is 12.1 Å². The van der Waals surface area contributed by atoms with Gasteiger partial charge in [-0.3, -0.25) is 4.98 Å². The molecule has 0 aliphatic rings. The third-order valence-electron chi connectivity index (χ3n) is 2.24. The van der Waals surface area contributed by atoms with E-state index in [9.17, 15) is 4.79 Å². The molecular weight excluding hydrogens is 202 g/mol. The van der Waals surface area contributed by atoms with Crippen LogP contribution in [0.1, 0.15) is 25.5 Å². The van der Waals surface area contributed by atoms with Gasteiger partial charge in [-0.2, -0.15) is 0 Å². The van der Waals surface area contributed by atoms with Crippen molar-refractivity contribution in [2.75, 3.05) is 0 Å². The van der Waals surface area contributed by atoms with Crippen molar-refractivity contribution in [3.05, 3.63) is 42.7 Å². The highest BCUT2D eigenvalue weighted by Gasteiger charge is 2.09. The minimum absolute atomic E-state index is 0.0406. The molecule has 1 rings (SSSR count). The fraction of sp³-hybridized carbons (Fsp3) is 0.333. The molecule has 0 fully saturated rings. The predicted molar refractivity (Wildman–Crippen MR) is 64.0 cm³/mol. The van der Waals surface area contributed by atoms with Gasteiger partial charge in [0.2, 0.25) is 0 Å². The van der Waals surface area contributed by atoms with Gasteiger partial charge in [0.1, 0.15) is 0 Å². The van der Waals surface area contributed by atoms with Crippen molar-refractivity contribution < 1.29 is 4.79 Å². The molecule has 0 spiro atoms. The summed E-state index contributed by atoms with van der Waals surface area (Å²) in [4.78, 5) is 15.5. The number of carbonyl (C=O) groups is 1. The molecule has 0 aliphatic carbocycles. The highest BCUT2D eigenvalue weighted by molar-refractivity contribution is 5.74. The van der Waals surface area contributed by atoms with Crippen molar-refractivity contribution in [1.29, 1.82) is 0 Å². The molecule has 1 aromatic heterocycles. The van der Waals surface area contributed by atoms with Crippen molar-refractivity contribution in [2.45, 2.75) is 25.9 Å². The molecule has 0 saturated heterocycles. The van der Waals surface area contributed by atoms with E-state index in [1.165, 1.54) is 0 Å². The molecule has 0 bridgehead atoms. The maximum Gasteiger partial charge on any atom is 0.315 e. The summed E-state index contributed by atoms with van der Waals surface area (Å²) in [5, 5.41) is 5.57. The zero-order valence-corrected chi connectivity index (χ0v) is 9.60. The molecule has 1 heterocycles. The Hall–Kier alpha value is -1.84. The zero-order chi connectivity index (χ0) is 12.0. The summed E-state index contributed by atoms with van der Waals surface area (Å²) < 4.78 is 0. The molecule has 0 unspecified atom stereocenters. The summed E-state index contributed by atoms with van der Waals surface area (Å²) in [5.41, 5.74) is 0.976. The molecule has 16 heavy (non-hydrogen) atoms. The number of urea groups is 1. The van der Waals surface area contributed by atoms with Crippen LogP contribution in [-0.4, -0.2) is 17.1 Å². The lowest BCUT2D eigenvalue weighted by atomic mass is 10.1. The molecule has 2 amide bonds. The standard InChI is InChI=1S/C12H17N3O/c1-4-9(2)14-12(16)15-10(3)11-6-5-7-13-8-11/h4-10H,1H2,2-3H3,(H2,14,15,16)/t9-,10-/m1/s1. The monoisotopic (exact) mass is 219 g/mol. The van der Waals surface area contributed by atoms with Crippen molar-refractivity contribution in [1.82, 2.24) is 15.6 Å². The first-order chi connectivity index (χ1) is 7.63. The molecule has 4 nitrogen and oxygen atoms in total. The van der Waals surface area contributed by atoms with E-state index >= 15 is 0 Å². The highest BCUT2D eigenvalue weighted by atomic mass is 16.2.